The van der Waals surface area contributed by atoms with Crippen LogP contribution >= 0.6 is 0 Å². The van der Waals surface area contributed by atoms with Gasteiger partial charge in [-0.2, -0.15) is 0 Å². The molecule has 0 aliphatic heterocycles. The molecule has 0 aliphatic rings. The van der Waals surface area contributed by atoms with Crippen molar-refractivity contribution >= 4 is 8.80 Å². The van der Waals surface area contributed by atoms with Crippen molar-refractivity contribution < 1.29 is 13.3 Å². The molecular weight excluding hydrogens is 400 g/mol. The molecule has 0 rings (SSSR count). The van der Waals surface area contributed by atoms with E-state index in [0.717, 1.165) is 6.04 Å². The summed E-state index contributed by atoms with van der Waals surface area (Å²) in [5, 5.41) is 0. The van der Waals surface area contributed by atoms with Gasteiger partial charge in [0.25, 0.3) is 0 Å². The summed E-state index contributed by atoms with van der Waals surface area (Å²) in [4.78, 5) is 0. The van der Waals surface area contributed by atoms with E-state index in [-0.39, 0.29) is 0 Å². The average Bonchev–Trinajstić information content (AvgIpc) is 2.79. The second-order valence-electron chi connectivity index (χ2n) is 9.46. The maximum Gasteiger partial charge on any atom is 0.500 e. The standard InChI is InChI=1S/C27H58O3Si/c1-6-9-12-15-18-21-24-27(25-22-19-16-13-10-7-2)30-31(28-4,29-5)26-23-20-17-14-11-8-3/h27H,6-26H2,1-5H3. The molecule has 0 aromatic rings. The van der Waals surface area contributed by atoms with Crippen LogP contribution in [0.2, 0.25) is 6.04 Å². The molecule has 0 fully saturated rings. The van der Waals surface area contributed by atoms with E-state index in [4.69, 9.17) is 13.3 Å². The second-order valence-corrected chi connectivity index (χ2v) is 12.4. The van der Waals surface area contributed by atoms with Crippen LogP contribution in [-0.4, -0.2) is 29.1 Å². The van der Waals surface area contributed by atoms with E-state index < -0.39 is 8.80 Å². The molecule has 0 aromatic heterocycles. The molecule has 188 valence electrons. The van der Waals surface area contributed by atoms with E-state index in [2.05, 4.69) is 20.8 Å². The van der Waals surface area contributed by atoms with Gasteiger partial charge in [-0.15, -0.1) is 0 Å². The molecule has 0 aromatic carbocycles. The van der Waals surface area contributed by atoms with Crippen molar-refractivity contribution in [1.82, 2.24) is 0 Å². The van der Waals surface area contributed by atoms with Gasteiger partial charge >= 0.3 is 8.80 Å². The molecule has 0 heterocycles. The van der Waals surface area contributed by atoms with Crippen molar-refractivity contribution in [1.29, 1.82) is 0 Å². The monoisotopic (exact) mass is 458 g/mol. The minimum absolute atomic E-state index is 0.309. The van der Waals surface area contributed by atoms with Gasteiger partial charge in [0.05, 0.1) is 0 Å². The van der Waals surface area contributed by atoms with Crippen LogP contribution < -0.4 is 0 Å². The van der Waals surface area contributed by atoms with Gasteiger partial charge in [0.2, 0.25) is 0 Å². The summed E-state index contributed by atoms with van der Waals surface area (Å²) in [6.07, 6.45) is 26.5. The highest BCUT2D eigenvalue weighted by Gasteiger charge is 2.40. The first-order valence-corrected chi connectivity index (χ1v) is 15.9. The largest absolute Gasteiger partial charge is 0.500 e. The van der Waals surface area contributed by atoms with E-state index in [0.29, 0.717) is 6.10 Å². The highest BCUT2D eigenvalue weighted by Crippen LogP contribution is 2.25. The Kier molecular flexibility index (Phi) is 23.3. The molecule has 0 amide bonds. The normalized spacial score (nSPS) is 12.2. The summed E-state index contributed by atoms with van der Waals surface area (Å²) in [5.74, 6) is 0. The number of rotatable bonds is 25. The SMILES string of the molecule is CCCCCCCCC(CCCCCCCC)O[Si](CCCCCCCC)(OC)OC. The lowest BCUT2D eigenvalue weighted by Crippen LogP contribution is -2.46. The van der Waals surface area contributed by atoms with Gasteiger partial charge in [0.15, 0.2) is 0 Å². The van der Waals surface area contributed by atoms with Gasteiger partial charge < -0.3 is 13.3 Å². The van der Waals surface area contributed by atoms with E-state index in [1.807, 2.05) is 0 Å². The Labute approximate surface area is 197 Å². The van der Waals surface area contributed by atoms with Crippen LogP contribution in [0.5, 0.6) is 0 Å². The van der Waals surface area contributed by atoms with Crippen LogP contribution in [0, 0.1) is 0 Å². The van der Waals surface area contributed by atoms with E-state index in [1.165, 1.54) is 128 Å². The molecule has 3 nitrogen and oxygen atoms in total. The molecule has 0 unspecified atom stereocenters. The topological polar surface area (TPSA) is 27.7 Å². The summed E-state index contributed by atoms with van der Waals surface area (Å²) in [6, 6.07) is 0.968. The predicted molar refractivity (Wildman–Crippen MR) is 139 cm³/mol. The summed E-state index contributed by atoms with van der Waals surface area (Å²) in [6.45, 7) is 6.84. The Morgan fingerprint density at radius 3 is 1.23 bits per heavy atom. The lowest BCUT2D eigenvalue weighted by Gasteiger charge is -2.31. The highest BCUT2D eigenvalue weighted by atomic mass is 28.4. The summed E-state index contributed by atoms with van der Waals surface area (Å²) in [5.41, 5.74) is 0. The molecule has 0 N–H and O–H groups in total. The van der Waals surface area contributed by atoms with Crippen LogP contribution in [0.3, 0.4) is 0 Å². The molecule has 0 spiro atoms. The lowest BCUT2D eigenvalue weighted by molar-refractivity contribution is 0.0442. The number of unbranched alkanes of at least 4 members (excludes halogenated alkanes) is 15. The minimum atomic E-state index is -2.54. The second kappa shape index (κ2) is 23.3. The number of hydrogen-bond acceptors (Lipinski definition) is 3. The first-order valence-electron chi connectivity index (χ1n) is 14.0. The zero-order valence-corrected chi connectivity index (χ0v) is 23.2. The molecule has 0 aliphatic carbocycles. The Morgan fingerprint density at radius 1 is 0.484 bits per heavy atom. The molecule has 0 bridgehead atoms. The Balaban J connectivity index is 4.54. The van der Waals surface area contributed by atoms with E-state index in [9.17, 15) is 0 Å². The van der Waals surface area contributed by atoms with Crippen molar-refractivity contribution in [3.63, 3.8) is 0 Å². The van der Waals surface area contributed by atoms with Gasteiger partial charge in [-0.3, -0.25) is 0 Å². The Morgan fingerprint density at radius 2 is 0.839 bits per heavy atom. The molecule has 0 saturated carbocycles. The third-order valence-electron chi connectivity index (χ3n) is 6.56. The number of hydrogen-bond donors (Lipinski definition) is 0. The summed E-state index contributed by atoms with van der Waals surface area (Å²) >= 11 is 0. The van der Waals surface area contributed by atoms with Crippen LogP contribution in [0.25, 0.3) is 0 Å². The van der Waals surface area contributed by atoms with Crippen molar-refractivity contribution in [2.24, 2.45) is 0 Å². The van der Waals surface area contributed by atoms with Crippen LogP contribution in [0.4, 0.5) is 0 Å². The van der Waals surface area contributed by atoms with Crippen LogP contribution in [0.1, 0.15) is 149 Å². The molecule has 31 heavy (non-hydrogen) atoms. The summed E-state index contributed by atoms with van der Waals surface area (Å²) in [7, 11) is 1.07. The maximum atomic E-state index is 6.71. The third-order valence-corrected chi connectivity index (χ3v) is 9.47. The zero-order chi connectivity index (χ0) is 23.0. The molecule has 4 heteroatoms. The van der Waals surface area contributed by atoms with Crippen molar-refractivity contribution in [2.75, 3.05) is 14.2 Å². The quantitative estimate of drug-likeness (QED) is 0.101. The third kappa shape index (κ3) is 18.2. The van der Waals surface area contributed by atoms with Crippen molar-refractivity contribution in [3.8, 4) is 0 Å². The van der Waals surface area contributed by atoms with Gasteiger partial charge in [-0.1, -0.05) is 130 Å². The summed E-state index contributed by atoms with van der Waals surface area (Å²) < 4.78 is 18.6. The van der Waals surface area contributed by atoms with E-state index >= 15 is 0 Å². The Hall–Kier alpha value is 0.0969. The minimum Gasteiger partial charge on any atom is -0.377 e. The Bertz CT molecular complexity index is 331. The van der Waals surface area contributed by atoms with Gasteiger partial charge in [0.1, 0.15) is 0 Å². The average molecular weight is 459 g/mol. The first kappa shape index (κ1) is 31.1. The zero-order valence-electron chi connectivity index (χ0n) is 22.2. The fourth-order valence-corrected chi connectivity index (χ4v) is 6.70. The smallest absolute Gasteiger partial charge is 0.377 e. The van der Waals surface area contributed by atoms with Crippen molar-refractivity contribution in [2.45, 2.75) is 161 Å². The molecular formula is C27H58O3Si. The molecule has 0 atom stereocenters. The van der Waals surface area contributed by atoms with Crippen LogP contribution in [0.15, 0.2) is 0 Å². The predicted octanol–water partition coefficient (Wildman–Crippen LogP) is 9.47. The maximum absolute atomic E-state index is 6.71. The molecule has 0 radical (unpaired) electrons. The van der Waals surface area contributed by atoms with Gasteiger partial charge in [0, 0.05) is 26.4 Å². The lowest BCUT2D eigenvalue weighted by atomic mass is 10.0. The first-order chi connectivity index (χ1) is 15.2. The fourth-order valence-electron chi connectivity index (χ4n) is 4.39. The van der Waals surface area contributed by atoms with Gasteiger partial charge in [-0.25, -0.2) is 0 Å². The fraction of sp³-hybridized carbons (Fsp3) is 1.00. The van der Waals surface area contributed by atoms with Crippen molar-refractivity contribution in [3.05, 3.63) is 0 Å². The van der Waals surface area contributed by atoms with Crippen LogP contribution in [-0.2, 0) is 13.3 Å². The van der Waals surface area contributed by atoms with E-state index in [1.54, 1.807) is 14.2 Å². The highest BCUT2D eigenvalue weighted by molar-refractivity contribution is 6.60. The van der Waals surface area contributed by atoms with Gasteiger partial charge in [-0.05, 0) is 19.3 Å². The molecule has 0 saturated heterocycles.